The van der Waals surface area contributed by atoms with Crippen molar-refractivity contribution in [2.75, 3.05) is 27.9 Å². The highest BCUT2D eigenvalue weighted by atomic mass is 16.6. The van der Waals surface area contributed by atoms with Crippen molar-refractivity contribution in [2.45, 2.75) is 75.0 Å². The summed E-state index contributed by atoms with van der Waals surface area (Å²) in [7, 11) is 4.46. The molecule has 0 spiro atoms. The molecule has 3 N–H and O–H groups in total. The Hall–Kier alpha value is -4.81. The van der Waals surface area contributed by atoms with Gasteiger partial charge in [-0.15, -0.1) is 0 Å². The van der Waals surface area contributed by atoms with Crippen LogP contribution in [0.2, 0.25) is 0 Å². The van der Waals surface area contributed by atoms with Gasteiger partial charge in [-0.25, -0.2) is 0 Å². The summed E-state index contributed by atoms with van der Waals surface area (Å²) in [5.41, 5.74) is -4.28. The van der Waals surface area contributed by atoms with E-state index in [1.54, 1.807) is 50.4 Å². The van der Waals surface area contributed by atoms with E-state index in [9.17, 15) is 19.8 Å². The Morgan fingerprint density at radius 2 is 1.68 bits per heavy atom. The lowest BCUT2D eigenvalue weighted by atomic mass is 9.75. The van der Waals surface area contributed by atoms with Gasteiger partial charge in [0.2, 0.25) is 5.91 Å². The van der Waals surface area contributed by atoms with E-state index in [2.05, 4.69) is 5.32 Å². The molecule has 6 rings (SSSR count). The minimum atomic E-state index is -2.24. The summed E-state index contributed by atoms with van der Waals surface area (Å²) in [6.45, 7) is 4.64. The van der Waals surface area contributed by atoms with Gasteiger partial charge in [0.25, 0.3) is 5.91 Å². The Morgan fingerprint density at radius 3 is 2.28 bits per heavy atom. The molecule has 266 valence electrons. The molecule has 1 aliphatic carbocycles. The molecule has 3 aromatic rings. The predicted molar refractivity (Wildman–Crippen MR) is 181 cm³/mol. The summed E-state index contributed by atoms with van der Waals surface area (Å²) in [5, 5.41) is 27.1. The third-order valence-electron chi connectivity index (χ3n) is 10.5. The van der Waals surface area contributed by atoms with Crippen molar-refractivity contribution in [3.63, 3.8) is 0 Å². The number of aliphatic hydroxyl groups is 2. The number of likely N-dealkylation sites (tertiary alicyclic amines) is 1. The molecule has 2 bridgehead atoms. The Morgan fingerprint density at radius 1 is 1.00 bits per heavy atom. The predicted octanol–water partition coefficient (Wildman–Crippen LogP) is 3.76. The van der Waals surface area contributed by atoms with Gasteiger partial charge in [-0.2, -0.15) is 0 Å². The Balaban J connectivity index is 1.65. The van der Waals surface area contributed by atoms with Crippen LogP contribution in [0.25, 0.3) is 0 Å². The summed E-state index contributed by atoms with van der Waals surface area (Å²) in [5.74, 6) is -2.82. The molecule has 2 heterocycles. The number of carbonyl (C=O) groups is 3. The first kappa shape index (κ1) is 35.0. The first-order valence-corrected chi connectivity index (χ1v) is 16.8. The third kappa shape index (κ3) is 5.41. The number of nitrogens with zero attached hydrogens (tertiary/aromatic N) is 1. The van der Waals surface area contributed by atoms with E-state index in [1.165, 1.54) is 33.0 Å². The molecule has 50 heavy (non-hydrogen) atoms. The van der Waals surface area contributed by atoms with E-state index in [4.69, 9.17) is 23.7 Å². The molecule has 1 saturated carbocycles. The zero-order chi connectivity index (χ0) is 36.0. The molecule has 3 aliphatic rings. The molecule has 1 unspecified atom stereocenters. The molecule has 12 nitrogen and oxygen atoms in total. The highest BCUT2D eigenvalue weighted by Gasteiger charge is 2.78. The maximum atomic E-state index is 15.4. The van der Waals surface area contributed by atoms with Gasteiger partial charge in [0.15, 0.2) is 17.3 Å². The van der Waals surface area contributed by atoms with E-state index in [0.717, 1.165) is 0 Å². The summed E-state index contributed by atoms with van der Waals surface area (Å²) in [4.78, 5) is 43.2. The molecular weight excluding hydrogens is 644 g/mol. The molecule has 12 heteroatoms. The number of fused-ring (bicyclic) bond motifs is 4. The molecule has 3 aromatic carbocycles. The van der Waals surface area contributed by atoms with Gasteiger partial charge in [-0.3, -0.25) is 14.4 Å². The van der Waals surface area contributed by atoms with Crippen LogP contribution in [0.3, 0.4) is 0 Å². The average molecular weight is 689 g/mol. The van der Waals surface area contributed by atoms with Crippen LogP contribution in [0.4, 0.5) is 0 Å². The fourth-order valence-electron chi connectivity index (χ4n) is 7.90. The molecular formula is C38H44N2O10. The van der Waals surface area contributed by atoms with Crippen molar-refractivity contribution >= 4 is 17.8 Å². The van der Waals surface area contributed by atoms with Crippen molar-refractivity contribution < 1.29 is 48.3 Å². The molecule has 0 aromatic heterocycles. The number of ether oxygens (including phenoxy) is 5. The van der Waals surface area contributed by atoms with Gasteiger partial charge in [-0.1, -0.05) is 49.4 Å². The number of hydrogen-bond acceptors (Lipinski definition) is 10. The minimum absolute atomic E-state index is 0.127. The van der Waals surface area contributed by atoms with Gasteiger partial charge in [0, 0.05) is 37.1 Å². The molecule has 1 saturated heterocycles. The molecule has 2 fully saturated rings. The Labute approximate surface area is 291 Å². The van der Waals surface area contributed by atoms with Crippen molar-refractivity contribution in [1.82, 2.24) is 10.2 Å². The molecule has 2 aliphatic heterocycles. The highest BCUT2D eigenvalue weighted by Crippen LogP contribution is 2.69. The lowest BCUT2D eigenvalue weighted by Crippen LogP contribution is -2.58. The highest BCUT2D eigenvalue weighted by molar-refractivity contribution is 5.88. The second-order valence-corrected chi connectivity index (χ2v) is 13.3. The largest absolute Gasteiger partial charge is 0.497 e. The van der Waals surface area contributed by atoms with Gasteiger partial charge in [-0.05, 0) is 43.9 Å². The zero-order valence-electron chi connectivity index (χ0n) is 29.1. The number of benzene rings is 3. The Kier molecular flexibility index (Phi) is 9.21. The van der Waals surface area contributed by atoms with Crippen molar-refractivity contribution in [3.8, 4) is 23.0 Å². The minimum Gasteiger partial charge on any atom is -0.497 e. The maximum absolute atomic E-state index is 15.4. The van der Waals surface area contributed by atoms with Crippen LogP contribution in [0.1, 0.15) is 62.6 Å². The van der Waals surface area contributed by atoms with Gasteiger partial charge >= 0.3 is 5.97 Å². The van der Waals surface area contributed by atoms with E-state index >= 15 is 4.79 Å². The number of carbonyl (C=O) groups excluding carboxylic acids is 3. The standard InChI is InChI=1S/C38H44N2O10/c1-7-36(3,44)35(43)39-29-14-11-19-40(29)33(42)32-30(23-12-9-8-10-13-23)38(24-15-17-25(46-4)18-16-24)34(49-22(2)41)37(32,45)31-27(48-6)20-26(47-5)21-28(31)50-38/h8-10,12-13,15-18,20-21,29-30,32,34,44-45H,7,11,14,19H2,1-6H3,(H,39,43)/t29-,30-,32+,34?,36+,37-,38-/m0/s1. The number of hydrogen-bond donors (Lipinski definition) is 3. The smallest absolute Gasteiger partial charge is 0.303 e. The van der Waals surface area contributed by atoms with Crippen LogP contribution in [-0.2, 0) is 30.3 Å². The van der Waals surface area contributed by atoms with Crippen molar-refractivity contribution in [3.05, 3.63) is 83.4 Å². The normalized spacial score (nSPS) is 27.7. The zero-order valence-corrected chi connectivity index (χ0v) is 29.1. The summed E-state index contributed by atoms with van der Waals surface area (Å²) in [6, 6.07) is 19.4. The van der Waals surface area contributed by atoms with Crippen LogP contribution in [-0.4, -0.2) is 78.6 Å². The first-order valence-electron chi connectivity index (χ1n) is 16.8. The van der Waals surface area contributed by atoms with Crippen LogP contribution >= 0.6 is 0 Å². The lowest BCUT2D eigenvalue weighted by Gasteiger charge is -2.46. The fourth-order valence-corrected chi connectivity index (χ4v) is 7.90. The molecule has 7 atom stereocenters. The topological polar surface area (TPSA) is 153 Å². The van der Waals surface area contributed by atoms with Crippen molar-refractivity contribution in [2.24, 2.45) is 5.92 Å². The first-order chi connectivity index (χ1) is 23.9. The second-order valence-electron chi connectivity index (χ2n) is 13.3. The number of amides is 2. The van der Waals surface area contributed by atoms with Crippen molar-refractivity contribution in [1.29, 1.82) is 0 Å². The lowest BCUT2D eigenvalue weighted by molar-refractivity contribution is -0.196. The van der Waals surface area contributed by atoms with E-state index in [0.29, 0.717) is 35.5 Å². The number of methoxy groups -OCH3 is 3. The number of rotatable bonds is 10. The third-order valence-corrected chi connectivity index (χ3v) is 10.5. The summed E-state index contributed by atoms with van der Waals surface area (Å²) >= 11 is 0. The average Bonchev–Trinajstić information content (AvgIpc) is 3.63. The van der Waals surface area contributed by atoms with E-state index < -0.39 is 58.7 Å². The van der Waals surface area contributed by atoms with E-state index in [1.807, 2.05) is 30.3 Å². The molecule has 2 amide bonds. The monoisotopic (exact) mass is 688 g/mol. The van der Waals surface area contributed by atoms with Gasteiger partial charge < -0.3 is 44.1 Å². The van der Waals surface area contributed by atoms with E-state index in [-0.39, 0.29) is 30.0 Å². The van der Waals surface area contributed by atoms with Crippen LogP contribution in [0.15, 0.2) is 66.7 Å². The van der Waals surface area contributed by atoms with Gasteiger partial charge in [0.1, 0.15) is 34.8 Å². The number of esters is 1. The molecule has 0 radical (unpaired) electrons. The second kappa shape index (κ2) is 13.1. The fraction of sp³-hybridized carbons (Fsp3) is 0.447. The quantitative estimate of drug-likeness (QED) is 0.269. The van der Waals surface area contributed by atoms with Crippen LogP contribution < -0.4 is 24.3 Å². The SMILES string of the molecule is CC[C@@](C)(O)C(=O)N[C@@H]1CCCN1C(=O)[C@H]1[C@H](c2ccccc2)[C@]2(c3ccc(OC)cc3)Oc3cc(OC)cc(OC)c3[C@@]1(O)C2OC(C)=O. The maximum Gasteiger partial charge on any atom is 0.303 e. The van der Waals surface area contributed by atoms with Gasteiger partial charge in [0.05, 0.1) is 32.8 Å². The summed E-state index contributed by atoms with van der Waals surface area (Å²) in [6.07, 6.45) is -1.06. The summed E-state index contributed by atoms with van der Waals surface area (Å²) < 4.78 is 30.1. The Bertz CT molecular complexity index is 1760. The van der Waals surface area contributed by atoms with Crippen LogP contribution in [0, 0.1) is 5.92 Å². The van der Waals surface area contributed by atoms with Crippen LogP contribution in [0.5, 0.6) is 23.0 Å². The number of nitrogens with one attached hydrogen (secondary N) is 1.